The number of aromatic nitrogens is 1. The van der Waals surface area contributed by atoms with Gasteiger partial charge in [0.25, 0.3) is 0 Å². The SMILES string of the molecule is CC/C(=C\C=C\[C@H]1C=C[C@@H]2CCC[C@H]2[C@@H]1C(=O)c1ccc[nH]1)[C@@H]1O[C@@H]([C@@H](C)C(=O)O)CC[C@@H]1C. The molecule has 2 heterocycles. The Labute approximate surface area is 203 Å². The van der Waals surface area contributed by atoms with Crippen molar-refractivity contribution in [2.75, 3.05) is 0 Å². The number of carbonyl (C=O) groups excluding carboxylic acids is 1. The molecule has 1 saturated heterocycles. The highest BCUT2D eigenvalue weighted by Gasteiger charge is 2.42. The molecule has 0 unspecified atom stereocenters. The summed E-state index contributed by atoms with van der Waals surface area (Å²) < 4.78 is 6.33. The van der Waals surface area contributed by atoms with Gasteiger partial charge in [0.15, 0.2) is 5.78 Å². The molecular formula is C29H39NO4. The lowest BCUT2D eigenvalue weighted by Crippen LogP contribution is -2.40. The second-order valence-corrected chi connectivity index (χ2v) is 10.5. The molecule has 2 fully saturated rings. The second kappa shape index (κ2) is 10.9. The number of allylic oxidation sites excluding steroid dienone is 5. The number of hydrogen-bond donors (Lipinski definition) is 2. The minimum absolute atomic E-state index is 0.0310. The quantitative estimate of drug-likeness (QED) is 0.272. The van der Waals surface area contributed by atoms with Gasteiger partial charge in [0, 0.05) is 18.0 Å². The molecule has 0 aromatic carbocycles. The second-order valence-electron chi connectivity index (χ2n) is 10.5. The molecule has 34 heavy (non-hydrogen) atoms. The molecular weight excluding hydrogens is 426 g/mol. The van der Waals surface area contributed by atoms with Gasteiger partial charge < -0.3 is 14.8 Å². The van der Waals surface area contributed by atoms with E-state index < -0.39 is 11.9 Å². The Morgan fingerprint density at radius 3 is 2.76 bits per heavy atom. The number of nitrogens with one attached hydrogen (secondary N) is 1. The fourth-order valence-electron chi connectivity index (χ4n) is 6.26. The summed E-state index contributed by atoms with van der Waals surface area (Å²) >= 11 is 0. The van der Waals surface area contributed by atoms with Gasteiger partial charge in [0.2, 0.25) is 0 Å². The third-order valence-corrected chi connectivity index (χ3v) is 8.36. The first-order chi connectivity index (χ1) is 16.4. The van der Waals surface area contributed by atoms with Crippen LogP contribution in [-0.4, -0.2) is 34.1 Å². The number of fused-ring (bicyclic) bond motifs is 1. The third-order valence-electron chi connectivity index (χ3n) is 8.36. The fourth-order valence-corrected chi connectivity index (χ4v) is 6.26. The standard InChI is InChI=1S/C29H39NO4/c1-4-20(28-18(2)13-16-25(34-28)19(3)29(32)33)8-5-10-22-15-14-21-9-6-11-23(21)26(22)27(31)24-12-7-17-30-24/h5,7-8,10,12,14-15,17-19,21-23,25-26,28,30H,4,6,9,11,13,16H2,1-3H3,(H,32,33)/b10-5+,20-8+/t18-,19+,21-,22-,23+,25+,26+,28+/m0/s1. The Balaban J connectivity index is 1.53. The molecule has 0 spiro atoms. The van der Waals surface area contributed by atoms with Gasteiger partial charge in [0.1, 0.15) is 0 Å². The number of carbonyl (C=O) groups is 2. The van der Waals surface area contributed by atoms with Crippen LogP contribution in [0.1, 0.15) is 69.8 Å². The Hall–Kier alpha value is -2.40. The summed E-state index contributed by atoms with van der Waals surface area (Å²) in [6.45, 7) is 6.05. The van der Waals surface area contributed by atoms with Crippen molar-refractivity contribution in [3.63, 3.8) is 0 Å². The van der Waals surface area contributed by atoms with Crippen LogP contribution in [0.3, 0.4) is 0 Å². The fraction of sp³-hybridized carbons (Fsp3) is 0.586. The Kier molecular flexibility index (Phi) is 7.92. The number of aromatic amines is 1. The molecule has 184 valence electrons. The molecule has 0 bridgehead atoms. The van der Waals surface area contributed by atoms with Crippen LogP contribution in [0.15, 0.2) is 54.3 Å². The number of hydrogen-bond acceptors (Lipinski definition) is 3. The van der Waals surface area contributed by atoms with Crippen LogP contribution in [0.4, 0.5) is 0 Å². The Morgan fingerprint density at radius 1 is 1.24 bits per heavy atom. The number of carboxylic acids is 1. The number of ketones is 1. The van der Waals surface area contributed by atoms with Gasteiger partial charge in [-0.05, 0) is 74.5 Å². The first-order valence-electron chi connectivity index (χ1n) is 13.0. The van der Waals surface area contributed by atoms with Crippen molar-refractivity contribution in [2.45, 2.75) is 71.5 Å². The van der Waals surface area contributed by atoms with Crippen LogP contribution in [0.5, 0.6) is 0 Å². The molecule has 1 aliphatic heterocycles. The van der Waals surface area contributed by atoms with E-state index in [1.165, 1.54) is 18.4 Å². The van der Waals surface area contributed by atoms with E-state index in [9.17, 15) is 14.7 Å². The highest BCUT2D eigenvalue weighted by atomic mass is 16.5. The van der Waals surface area contributed by atoms with E-state index in [0.717, 1.165) is 25.7 Å². The first-order valence-corrected chi connectivity index (χ1v) is 13.0. The van der Waals surface area contributed by atoms with Gasteiger partial charge in [-0.1, -0.05) is 50.6 Å². The van der Waals surface area contributed by atoms with Gasteiger partial charge >= 0.3 is 5.97 Å². The summed E-state index contributed by atoms with van der Waals surface area (Å²) in [4.78, 5) is 28.0. The van der Waals surface area contributed by atoms with E-state index in [2.05, 4.69) is 49.2 Å². The van der Waals surface area contributed by atoms with E-state index in [-0.39, 0.29) is 29.8 Å². The van der Waals surface area contributed by atoms with E-state index in [1.807, 2.05) is 18.3 Å². The van der Waals surface area contributed by atoms with Crippen molar-refractivity contribution in [1.82, 2.24) is 4.98 Å². The molecule has 1 aromatic rings. The maximum atomic E-state index is 13.4. The van der Waals surface area contributed by atoms with Crippen LogP contribution in [0.2, 0.25) is 0 Å². The molecule has 8 atom stereocenters. The van der Waals surface area contributed by atoms with E-state index in [0.29, 0.717) is 23.4 Å². The van der Waals surface area contributed by atoms with Crippen LogP contribution in [-0.2, 0) is 9.53 Å². The number of ether oxygens (including phenoxy) is 1. The van der Waals surface area contributed by atoms with Crippen LogP contribution in [0.25, 0.3) is 0 Å². The zero-order valence-electron chi connectivity index (χ0n) is 20.7. The molecule has 1 aromatic heterocycles. The number of carboxylic acid groups (broad SMARTS) is 1. The van der Waals surface area contributed by atoms with E-state index in [1.54, 1.807) is 6.92 Å². The van der Waals surface area contributed by atoms with Crippen molar-refractivity contribution >= 4 is 11.8 Å². The van der Waals surface area contributed by atoms with Crippen LogP contribution >= 0.6 is 0 Å². The number of Topliss-reactive ketones (excluding diaryl/α,β-unsaturated/α-hetero) is 1. The highest BCUT2D eigenvalue weighted by Crippen LogP contribution is 2.46. The van der Waals surface area contributed by atoms with Crippen molar-refractivity contribution in [3.05, 3.63) is 60.0 Å². The van der Waals surface area contributed by atoms with Gasteiger partial charge in [-0.15, -0.1) is 0 Å². The van der Waals surface area contributed by atoms with Crippen molar-refractivity contribution in [1.29, 1.82) is 0 Å². The van der Waals surface area contributed by atoms with Gasteiger partial charge in [0.05, 0.1) is 23.8 Å². The lowest BCUT2D eigenvalue weighted by molar-refractivity contribution is -0.152. The van der Waals surface area contributed by atoms with Crippen molar-refractivity contribution in [2.24, 2.45) is 35.5 Å². The minimum atomic E-state index is -0.799. The third kappa shape index (κ3) is 5.14. The number of H-pyrrole nitrogens is 1. The topological polar surface area (TPSA) is 79.4 Å². The van der Waals surface area contributed by atoms with Gasteiger partial charge in [-0.2, -0.15) is 0 Å². The predicted octanol–water partition coefficient (Wildman–Crippen LogP) is 6.21. The summed E-state index contributed by atoms with van der Waals surface area (Å²) in [6.07, 6.45) is 18.6. The highest BCUT2D eigenvalue weighted by molar-refractivity contribution is 5.97. The van der Waals surface area contributed by atoms with Crippen LogP contribution in [0, 0.1) is 35.5 Å². The lowest BCUT2D eigenvalue weighted by Gasteiger charge is -2.37. The first kappa shape index (κ1) is 24.7. The molecule has 1 saturated carbocycles. The zero-order valence-corrected chi connectivity index (χ0v) is 20.7. The Morgan fingerprint density at radius 2 is 2.06 bits per heavy atom. The molecule has 5 heteroatoms. The van der Waals surface area contributed by atoms with E-state index in [4.69, 9.17) is 4.74 Å². The van der Waals surface area contributed by atoms with Crippen LogP contribution < -0.4 is 0 Å². The molecule has 0 radical (unpaired) electrons. The molecule has 2 N–H and O–H groups in total. The number of aliphatic carboxylic acids is 1. The van der Waals surface area contributed by atoms with E-state index >= 15 is 0 Å². The van der Waals surface area contributed by atoms with Gasteiger partial charge in [-0.3, -0.25) is 9.59 Å². The smallest absolute Gasteiger partial charge is 0.308 e. The molecule has 4 rings (SSSR count). The summed E-state index contributed by atoms with van der Waals surface area (Å²) in [5.74, 6) is 0.237. The molecule has 0 amide bonds. The minimum Gasteiger partial charge on any atom is -0.481 e. The molecule has 2 aliphatic carbocycles. The summed E-state index contributed by atoms with van der Waals surface area (Å²) in [5, 5.41) is 9.43. The molecule has 3 aliphatic rings. The predicted molar refractivity (Wildman–Crippen MR) is 133 cm³/mol. The van der Waals surface area contributed by atoms with Gasteiger partial charge in [-0.25, -0.2) is 0 Å². The maximum absolute atomic E-state index is 13.4. The summed E-state index contributed by atoms with van der Waals surface area (Å²) in [7, 11) is 0. The Bertz CT molecular complexity index is 943. The normalized spacial score (nSPS) is 34.8. The lowest BCUT2D eigenvalue weighted by atomic mass is 9.69. The summed E-state index contributed by atoms with van der Waals surface area (Å²) in [5.41, 5.74) is 1.90. The van der Waals surface area contributed by atoms with Crippen molar-refractivity contribution < 1.29 is 19.4 Å². The average Bonchev–Trinajstić information content (AvgIpc) is 3.53. The van der Waals surface area contributed by atoms with Crippen molar-refractivity contribution in [3.8, 4) is 0 Å². The average molecular weight is 466 g/mol. The summed E-state index contributed by atoms with van der Waals surface area (Å²) in [6, 6.07) is 3.78. The zero-order chi connectivity index (χ0) is 24.2. The maximum Gasteiger partial charge on any atom is 0.308 e. The largest absolute Gasteiger partial charge is 0.481 e. The number of rotatable bonds is 8. The molecule has 5 nitrogen and oxygen atoms in total. The monoisotopic (exact) mass is 465 g/mol.